The quantitative estimate of drug-likeness (QED) is 0.335. The Hall–Kier alpha value is -3.46. The van der Waals surface area contributed by atoms with Crippen molar-refractivity contribution in [3.63, 3.8) is 0 Å². The van der Waals surface area contributed by atoms with Gasteiger partial charge in [0.2, 0.25) is 0 Å². The smallest absolute Gasteiger partial charge is 0.315 e. The number of hydrogen-bond donors (Lipinski definition) is 4. The summed E-state index contributed by atoms with van der Waals surface area (Å²) < 4.78 is 1.72. The minimum absolute atomic E-state index is 0.163. The van der Waals surface area contributed by atoms with Crippen molar-refractivity contribution in [3.8, 4) is 0 Å². The molecule has 3 aromatic rings. The van der Waals surface area contributed by atoms with Crippen LogP contribution in [0.1, 0.15) is 31.5 Å². The van der Waals surface area contributed by atoms with Crippen LogP contribution in [0.5, 0.6) is 0 Å². The Kier molecular flexibility index (Phi) is 6.97. The number of rotatable bonds is 8. The SMILES string of the molecule is CC(C)C[C@H](NC(=O)NCc1cn(Cc2cccc3ccccc23)nn1)C(=O)NO. The highest BCUT2D eigenvalue weighted by molar-refractivity contribution is 5.86. The number of carbonyl (C=O) groups excluding carboxylic acids is 2. The molecule has 0 unspecified atom stereocenters. The van der Waals surface area contributed by atoms with E-state index >= 15 is 0 Å². The molecule has 3 amide bonds. The zero-order valence-corrected chi connectivity index (χ0v) is 17.0. The minimum atomic E-state index is -0.822. The first-order valence-electron chi connectivity index (χ1n) is 9.80. The summed E-state index contributed by atoms with van der Waals surface area (Å²) in [6.45, 7) is 4.57. The summed E-state index contributed by atoms with van der Waals surface area (Å²) in [5, 5.41) is 24.6. The zero-order chi connectivity index (χ0) is 21.5. The van der Waals surface area contributed by atoms with E-state index in [0.29, 0.717) is 18.7 Å². The molecule has 4 N–H and O–H groups in total. The Morgan fingerprint density at radius 3 is 2.67 bits per heavy atom. The summed E-state index contributed by atoms with van der Waals surface area (Å²) in [4.78, 5) is 23.8. The van der Waals surface area contributed by atoms with Crippen molar-refractivity contribution in [2.45, 2.75) is 39.4 Å². The van der Waals surface area contributed by atoms with Crippen LogP contribution in [-0.4, -0.2) is 38.2 Å². The van der Waals surface area contributed by atoms with E-state index in [4.69, 9.17) is 5.21 Å². The summed E-state index contributed by atoms with van der Waals surface area (Å²) in [5.74, 6) is -0.485. The molecule has 1 aromatic heterocycles. The van der Waals surface area contributed by atoms with Crippen LogP contribution in [-0.2, 0) is 17.9 Å². The minimum Gasteiger partial charge on any atom is -0.332 e. The fourth-order valence-electron chi connectivity index (χ4n) is 3.26. The first-order valence-corrected chi connectivity index (χ1v) is 9.80. The molecule has 158 valence electrons. The van der Waals surface area contributed by atoms with Crippen LogP contribution >= 0.6 is 0 Å². The predicted molar refractivity (Wildman–Crippen MR) is 112 cm³/mol. The van der Waals surface area contributed by atoms with Gasteiger partial charge in [-0.1, -0.05) is 61.5 Å². The molecule has 3 rings (SSSR count). The summed E-state index contributed by atoms with van der Waals surface area (Å²) in [5.41, 5.74) is 3.30. The molecule has 0 aliphatic heterocycles. The van der Waals surface area contributed by atoms with E-state index in [2.05, 4.69) is 45.2 Å². The average Bonchev–Trinajstić information content (AvgIpc) is 3.18. The Balaban J connectivity index is 1.57. The second-order valence-corrected chi connectivity index (χ2v) is 7.53. The number of carbonyl (C=O) groups is 2. The molecule has 1 atom stereocenters. The third-order valence-corrected chi connectivity index (χ3v) is 4.67. The van der Waals surface area contributed by atoms with Gasteiger partial charge in [-0.25, -0.2) is 15.0 Å². The standard InChI is InChI=1S/C21H26N6O3/c1-14(2)10-19(20(28)25-30)23-21(29)22-11-17-13-27(26-24-17)12-16-8-5-7-15-6-3-4-9-18(15)16/h3-9,13-14,19,30H,10-12H2,1-2H3,(H,25,28)(H2,22,23,29)/t19-/m0/s1. The number of hydroxylamine groups is 1. The van der Waals surface area contributed by atoms with Gasteiger partial charge < -0.3 is 10.6 Å². The molecule has 0 fully saturated rings. The van der Waals surface area contributed by atoms with Gasteiger partial charge in [0, 0.05) is 0 Å². The van der Waals surface area contributed by atoms with Crippen molar-refractivity contribution < 1.29 is 14.8 Å². The van der Waals surface area contributed by atoms with Crippen molar-refractivity contribution in [3.05, 3.63) is 59.9 Å². The molecular formula is C21H26N6O3. The molecule has 9 heteroatoms. The first kappa shape index (κ1) is 21.3. The number of benzene rings is 2. The second-order valence-electron chi connectivity index (χ2n) is 7.53. The Labute approximate surface area is 174 Å². The maximum atomic E-state index is 12.1. The van der Waals surface area contributed by atoms with Crippen molar-refractivity contribution in [2.75, 3.05) is 0 Å². The monoisotopic (exact) mass is 410 g/mol. The highest BCUT2D eigenvalue weighted by Gasteiger charge is 2.21. The van der Waals surface area contributed by atoms with E-state index in [1.807, 2.05) is 32.0 Å². The van der Waals surface area contributed by atoms with E-state index in [9.17, 15) is 9.59 Å². The van der Waals surface area contributed by atoms with Crippen molar-refractivity contribution in [1.82, 2.24) is 31.1 Å². The number of nitrogens with one attached hydrogen (secondary N) is 3. The number of urea groups is 1. The second kappa shape index (κ2) is 9.84. The third kappa shape index (κ3) is 5.54. The van der Waals surface area contributed by atoms with Crippen LogP contribution in [0, 0.1) is 5.92 Å². The molecule has 0 radical (unpaired) electrons. The van der Waals surface area contributed by atoms with Gasteiger partial charge in [-0.05, 0) is 28.7 Å². The van der Waals surface area contributed by atoms with Crippen LogP contribution in [0.25, 0.3) is 10.8 Å². The van der Waals surface area contributed by atoms with Crippen molar-refractivity contribution in [1.29, 1.82) is 0 Å². The molecule has 1 heterocycles. The molecule has 0 bridgehead atoms. The van der Waals surface area contributed by atoms with Gasteiger partial charge in [0.25, 0.3) is 5.91 Å². The summed E-state index contributed by atoms with van der Waals surface area (Å²) in [6.07, 6.45) is 2.18. The maximum Gasteiger partial charge on any atom is 0.315 e. The van der Waals surface area contributed by atoms with Crippen molar-refractivity contribution in [2.24, 2.45) is 5.92 Å². The van der Waals surface area contributed by atoms with E-state index in [1.165, 1.54) is 0 Å². The summed E-state index contributed by atoms with van der Waals surface area (Å²) in [7, 11) is 0. The van der Waals surface area contributed by atoms with E-state index in [-0.39, 0.29) is 12.5 Å². The Bertz CT molecular complexity index is 1010. The fraction of sp³-hybridized carbons (Fsp3) is 0.333. The van der Waals surface area contributed by atoms with Gasteiger partial charge in [0.15, 0.2) is 0 Å². The number of amides is 3. The van der Waals surface area contributed by atoms with Crippen LogP contribution < -0.4 is 16.1 Å². The Morgan fingerprint density at radius 1 is 1.13 bits per heavy atom. The van der Waals surface area contributed by atoms with E-state index in [0.717, 1.165) is 16.3 Å². The van der Waals surface area contributed by atoms with Gasteiger partial charge in [-0.15, -0.1) is 5.10 Å². The lowest BCUT2D eigenvalue weighted by Crippen LogP contribution is -2.49. The zero-order valence-electron chi connectivity index (χ0n) is 17.0. The molecule has 30 heavy (non-hydrogen) atoms. The third-order valence-electron chi connectivity index (χ3n) is 4.67. The summed E-state index contributed by atoms with van der Waals surface area (Å²) >= 11 is 0. The molecular weight excluding hydrogens is 384 g/mol. The van der Waals surface area contributed by atoms with Crippen LogP contribution in [0.4, 0.5) is 4.79 Å². The first-order chi connectivity index (χ1) is 14.5. The predicted octanol–water partition coefficient (Wildman–Crippen LogP) is 2.20. The van der Waals surface area contributed by atoms with Gasteiger partial charge in [0.05, 0.1) is 19.3 Å². The number of fused-ring (bicyclic) bond motifs is 1. The lowest BCUT2D eigenvalue weighted by molar-refractivity contribution is -0.131. The molecule has 0 aliphatic carbocycles. The molecule has 2 aromatic carbocycles. The van der Waals surface area contributed by atoms with Gasteiger partial charge in [-0.3, -0.25) is 10.0 Å². The highest BCUT2D eigenvalue weighted by Crippen LogP contribution is 2.19. The van der Waals surface area contributed by atoms with Crippen LogP contribution in [0.15, 0.2) is 48.7 Å². The molecule has 0 saturated heterocycles. The van der Waals surface area contributed by atoms with E-state index in [1.54, 1.807) is 16.4 Å². The topological polar surface area (TPSA) is 121 Å². The summed E-state index contributed by atoms with van der Waals surface area (Å²) in [6, 6.07) is 12.9. The lowest BCUT2D eigenvalue weighted by atomic mass is 10.0. The largest absolute Gasteiger partial charge is 0.332 e. The highest BCUT2D eigenvalue weighted by atomic mass is 16.5. The fourth-order valence-corrected chi connectivity index (χ4v) is 3.26. The molecule has 0 spiro atoms. The lowest BCUT2D eigenvalue weighted by Gasteiger charge is -2.18. The average molecular weight is 410 g/mol. The normalized spacial score (nSPS) is 12.0. The molecule has 0 aliphatic rings. The van der Waals surface area contributed by atoms with Crippen LogP contribution in [0.2, 0.25) is 0 Å². The van der Waals surface area contributed by atoms with Gasteiger partial charge in [-0.2, -0.15) is 0 Å². The maximum absolute atomic E-state index is 12.1. The number of aromatic nitrogens is 3. The number of hydrogen-bond acceptors (Lipinski definition) is 5. The number of nitrogens with zero attached hydrogens (tertiary/aromatic N) is 3. The van der Waals surface area contributed by atoms with Crippen LogP contribution in [0.3, 0.4) is 0 Å². The van der Waals surface area contributed by atoms with Gasteiger partial charge in [0.1, 0.15) is 11.7 Å². The van der Waals surface area contributed by atoms with Gasteiger partial charge >= 0.3 is 6.03 Å². The Morgan fingerprint density at radius 2 is 1.90 bits per heavy atom. The van der Waals surface area contributed by atoms with Crippen molar-refractivity contribution >= 4 is 22.7 Å². The van der Waals surface area contributed by atoms with E-state index < -0.39 is 18.0 Å². The molecule has 0 saturated carbocycles. The molecule has 9 nitrogen and oxygen atoms in total.